The maximum absolute atomic E-state index is 6.21. The van der Waals surface area contributed by atoms with Crippen LogP contribution in [-0.4, -0.2) is 13.2 Å². The van der Waals surface area contributed by atoms with Crippen molar-refractivity contribution in [1.82, 2.24) is 0 Å². The monoisotopic (exact) mass is 346 g/mol. The van der Waals surface area contributed by atoms with E-state index in [1.807, 2.05) is 7.11 Å². The maximum Gasteiger partial charge on any atom is 0.0605 e. The Bertz CT molecular complexity index is 430. The number of fused-ring (bicyclic) bond motifs is 2. The molecule has 8 atom stereocenters. The van der Waals surface area contributed by atoms with Gasteiger partial charge in [0, 0.05) is 7.11 Å². The summed E-state index contributed by atoms with van der Waals surface area (Å²) < 4.78 is 6.21. The average molecular weight is 347 g/mol. The van der Waals surface area contributed by atoms with E-state index < -0.39 is 0 Å². The summed E-state index contributed by atoms with van der Waals surface area (Å²) in [5, 5.41) is 0. The molecule has 0 aromatic rings. The van der Waals surface area contributed by atoms with Gasteiger partial charge in [-0.25, -0.2) is 0 Å². The highest BCUT2D eigenvalue weighted by molar-refractivity contribution is 5.01. The van der Waals surface area contributed by atoms with Gasteiger partial charge in [0.05, 0.1) is 6.10 Å². The standard InChI is InChI=1S/C24H42O/c1-16(2)19-14-12-17-8-4-6-10-20(17)23(19)24-21-11-7-5-9-18(21)13-15-22(24)25-3/h16-24H,4-15H2,1-3H3. The Balaban J connectivity index is 1.67. The summed E-state index contributed by atoms with van der Waals surface area (Å²) in [4.78, 5) is 0. The van der Waals surface area contributed by atoms with Crippen LogP contribution < -0.4 is 0 Å². The largest absolute Gasteiger partial charge is 0.381 e. The van der Waals surface area contributed by atoms with Crippen molar-refractivity contribution in [1.29, 1.82) is 0 Å². The van der Waals surface area contributed by atoms with Crippen molar-refractivity contribution in [3.8, 4) is 0 Å². The van der Waals surface area contributed by atoms with Crippen molar-refractivity contribution in [3.63, 3.8) is 0 Å². The van der Waals surface area contributed by atoms with Gasteiger partial charge in [-0.1, -0.05) is 52.4 Å². The molecule has 144 valence electrons. The first-order valence-electron chi connectivity index (χ1n) is 11.7. The van der Waals surface area contributed by atoms with E-state index in [1.165, 1.54) is 77.0 Å². The molecule has 0 radical (unpaired) electrons. The number of rotatable bonds is 3. The van der Waals surface area contributed by atoms with Gasteiger partial charge in [-0.05, 0) is 85.9 Å². The number of hydrogen-bond acceptors (Lipinski definition) is 1. The van der Waals surface area contributed by atoms with Crippen molar-refractivity contribution in [2.24, 2.45) is 47.3 Å². The molecule has 0 heterocycles. The molecule has 4 saturated carbocycles. The van der Waals surface area contributed by atoms with Crippen LogP contribution in [0.4, 0.5) is 0 Å². The molecule has 1 heteroatoms. The zero-order valence-electron chi connectivity index (χ0n) is 17.1. The summed E-state index contributed by atoms with van der Waals surface area (Å²) >= 11 is 0. The lowest BCUT2D eigenvalue weighted by Gasteiger charge is -2.56. The highest BCUT2D eigenvalue weighted by Crippen LogP contribution is 2.57. The van der Waals surface area contributed by atoms with Gasteiger partial charge >= 0.3 is 0 Å². The molecule has 4 aliphatic carbocycles. The van der Waals surface area contributed by atoms with Crippen LogP contribution in [0, 0.1) is 47.3 Å². The van der Waals surface area contributed by atoms with Crippen LogP contribution in [0.5, 0.6) is 0 Å². The Morgan fingerprint density at radius 3 is 1.80 bits per heavy atom. The highest BCUT2D eigenvalue weighted by Gasteiger charge is 2.52. The zero-order valence-corrected chi connectivity index (χ0v) is 17.1. The van der Waals surface area contributed by atoms with Crippen LogP contribution in [0.3, 0.4) is 0 Å². The smallest absolute Gasteiger partial charge is 0.0605 e. The van der Waals surface area contributed by atoms with Crippen LogP contribution in [0.1, 0.15) is 90.9 Å². The van der Waals surface area contributed by atoms with Crippen molar-refractivity contribution < 1.29 is 4.74 Å². The molecule has 0 spiro atoms. The van der Waals surface area contributed by atoms with Crippen LogP contribution in [0.25, 0.3) is 0 Å². The summed E-state index contributed by atoms with van der Waals surface area (Å²) in [5.41, 5.74) is 0. The molecule has 0 bridgehead atoms. The van der Waals surface area contributed by atoms with Gasteiger partial charge in [0.15, 0.2) is 0 Å². The van der Waals surface area contributed by atoms with E-state index >= 15 is 0 Å². The van der Waals surface area contributed by atoms with E-state index in [4.69, 9.17) is 4.74 Å². The SMILES string of the molecule is COC1CCC2CCCCC2C1C1C(C(C)C)CCC2CCCCC21. The van der Waals surface area contributed by atoms with Gasteiger partial charge in [-0.3, -0.25) is 0 Å². The Morgan fingerprint density at radius 2 is 1.20 bits per heavy atom. The first kappa shape index (κ1) is 18.3. The van der Waals surface area contributed by atoms with Crippen molar-refractivity contribution in [3.05, 3.63) is 0 Å². The lowest BCUT2D eigenvalue weighted by atomic mass is 9.50. The molecule has 0 aromatic carbocycles. The Hall–Kier alpha value is -0.0400. The minimum absolute atomic E-state index is 0.561. The van der Waals surface area contributed by atoms with E-state index in [9.17, 15) is 0 Å². The minimum Gasteiger partial charge on any atom is -0.381 e. The third-order valence-electron chi connectivity index (χ3n) is 9.14. The van der Waals surface area contributed by atoms with Gasteiger partial charge < -0.3 is 4.74 Å². The third-order valence-corrected chi connectivity index (χ3v) is 9.14. The first-order valence-corrected chi connectivity index (χ1v) is 11.7. The number of methoxy groups -OCH3 is 1. The molecule has 0 amide bonds. The fourth-order valence-electron chi connectivity index (χ4n) is 8.12. The van der Waals surface area contributed by atoms with E-state index in [0.29, 0.717) is 6.10 Å². The summed E-state index contributed by atoms with van der Waals surface area (Å²) in [6, 6.07) is 0. The molecule has 4 fully saturated rings. The molecule has 0 N–H and O–H groups in total. The fraction of sp³-hybridized carbons (Fsp3) is 1.00. The van der Waals surface area contributed by atoms with Crippen LogP contribution in [0.2, 0.25) is 0 Å². The van der Waals surface area contributed by atoms with Crippen LogP contribution >= 0.6 is 0 Å². The predicted octanol–water partition coefficient (Wildman–Crippen LogP) is 6.71. The third kappa shape index (κ3) is 3.44. The second kappa shape index (κ2) is 7.91. The first-order chi connectivity index (χ1) is 12.2. The van der Waals surface area contributed by atoms with Crippen molar-refractivity contribution >= 4 is 0 Å². The van der Waals surface area contributed by atoms with Gasteiger partial charge in [0.2, 0.25) is 0 Å². The number of hydrogen-bond donors (Lipinski definition) is 0. The molecule has 1 nitrogen and oxygen atoms in total. The van der Waals surface area contributed by atoms with Gasteiger partial charge in [0.25, 0.3) is 0 Å². The molecule has 8 unspecified atom stereocenters. The second-order valence-electron chi connectivity index (χ2n) is 10.4. The second-order valence-corrected chi connectivity index (χ2v) is 10.4. The average Bonchev–Trinajstić information content (AvgIpc) is 2.66. The molecule has 4 aliphatic rings. The zero-order chi connectivity index (χ0) is 17.4. The summed E-state index contributed by atoms with van der Waals surface area (Å²) in [6.45, 7) is 5.04. The fourth-order valence-corrected chi connectivity index (χ4v) is 8.12. The van der Waals surface area contributed by atoms with Crippen LogP contribution in [-0.2, 0) is 4.74 Å². The summed E-state index contributed by atoms with van der Waals surface area (Å²) in [6.07, 6.45) is 18.5. The molecular weight excluding hydrogens is 304 g/mol. The lowest BCUT2D eigenvalue weighted by molar-refractivity contribution is -0.119. The minimum atomic E-state index is 0.561. The highest BCUT2D eigenvalue weighted by atomic mass is 16.5. The van der Waals surface area contributed by atoms with E-state index in [2.05, 4.69) is 13.8 Å². The Morgan fingerprint density at radius 1 is 0.640 bits per heavy atom. The Kier molecular flexibility index (Phi) is 5.80. The molecule has 0 aliphatic heterocycles. The quantitative estimate of drug-likeness (QED) is 0.552. The van der Waals surface area contributed by atoms with E-state index in [1.54, 1.807) is 0 Å². The van der Waals surface area contributed by atoms with E-state index in [0.717, 1.165) is 47.3 Å². The summed E-state index contributed by atoms with van der Waals surface area (Å²) in [7, 11) is 2.02. The lowest BCUT2D eigenvalue weighted by Crippen LogP contribution is -2.52. The molecule has 0 saturated heterocycles. The van der Waals surface area contributed by atoms with Crippen molar-refractivity contribution in [2.75, 3.05) is 7.11 Å². The molecule has 4 rings (SSSR count). The topological polar surface area (TPSA) is 9.23 Å². The van der Waals surface area contributed by atoms with E-state index in [-0.39, 0.29) is 0 Å². The molecule has 25 heavy (non-hydrogen) atoms. The van der Waals surface area contributed by atoms with Gasteiger partial charge in [-0.2, -0.15) is 0 Å². The molecule has 0 aromatic heterocycles. The predicted molar refractivity (Wildman–Crippen MR) is 105 cm³/mol. The van der Waals surface area contributed by atoms with Gasteiger partial charge in [-0.15, -0.1) is 0 Å². The number of ether oxygens (including phenoxy) is 1. The van der Waals surface area contributed by atoms with Crippen LogP contribution in [0.15, 0.2) is 0 Å². The maximum atomic E-state index is 6.21. The molecular formula is C24H42O. The summed E-state index contributed by atoms with van der Waals surface area (Å²) in [5.74, 6) is 7.75. The Labute approximate surface area is 156 Å². The normalized spacial score (nSPS) is 48.0. The van der Waals surface area contributed by atoms with Gasteiger partial charge in [0.1, 0.15) is 0 Å². The van der Waals surface area contributed by atoms with Crippen molar-refractivity contribution in [2.45, 2.75) is 97.0 Å².